The number of carbonyl (C=O) groups excluding carboxylic acids is 2. The van der Waals surface area contributed by atoms with Crippen molar-refractivity contribution in [3.63, 3.8) is 0 Å². The molecule has 8 rings (SSSR count). The molecule has 8 aliphatic rings. The molecule has 0 aromatic carbocycles. The summed E-state index contributed by atoms with van der Waals surface area (Å²) in [6, 6.07) is 0. The van der Waals surface area contributed by atoms with Crippen LogP contribution in [0.2, 0.25) is 0 Å². The first-order valence-electron chi connectivity index (χ1n) is 27.1. The highest BCUT2D eigenvalue weighted by atomic mass is 16.8. The Labute approximate surface area is 448 Å². The molecule has 3 aliphatic heterocycles. The number of carboxylic acids is 1. The standard InChI is InChI=1S/C54H84O23/c1-10-23(2)45(69)77-42-43(71-24(3)58)54(22-57)26(17-49(42,4)5)25-11-12-30-50(6)15-14-32(51(7,21-56)29(50)13-16-52(30,8)53(25,9)18-31(54)60)73-48-40(75-46-36(64)33(61)27(59)20-70-46)38(66)39(41(76-48)44(67)68)74-47-37(65)35(63)34(62)28(19-55)72-47/h10-11,26-43,46-48,55-57,59-66H,12-22H2,1-9H3,(H,67,68)/t26?,27-,28-,29?,30?,31-,32+,33+,34-,35+,36-,37-,38?,39+,40-,41+,42+,43+,46+,47+,48-,50+,51-,52-,53-,54+/m1/s1. The number of aliphatic hydroxyl groups is 11. The second-order valence-corrected chi connectivity index (χ2v) is 25.1. The number of fused-ring (bicyclic) bond motifs is 7. The van der Waals surface area contributed by atoms with Crippen LogP contribution >= 0.6 is 0 Å². The molecule has 5 aliphatic carbocycles. The van der Waals surface area contributed by atoms with E-state index in [1.165, 1.54) is 6.92 Å². The van der Waals surface area contributed by atoms with Crippen LogP contribution in [0.5, 0.6) is 0 Å². The van der Waals surface area contributed by atoms with E-state index >= 15 is 0 Å². The number of hydrogen-bond donors (Lipinski definition) is 12. The van der Waals surface area contributed by atoms with Gasteiger partial charge in [0.15, 0.2) is 25.0 Å². The van der Waals surface area contributed by atoms with E-state index in [0.717, 1.165) is 5.57 Å². The Morgan fingerprint density at radius 1 is 0.714 bits per heavy atom. The Kier molecular flexibility index (Phi) is 17.1. The van der Waals surface area contributed by atoms with Crippen LogP contribution in [0, 0.1) is 50.2 Å². The molecule has 12 N–H and O–H groups in total. The van der Waals surface area contributed by atoms with E-state index in [1.54, 1.807) is 19.9 Å². The Bertz CT molecular complexity index is 2240. The minimum absolute atomic E-state index is 0.0613. The van der Waals surface area contributed by atoms with Crippen molar-refractivity contribution in [2.24, 2.45) is 50.2 Å². The first kappa shape index (κ1) is 60.3. The van der Waals surface area contributed by atoms with Crippen LogP contribution in [0.3, 0.4) is 0 Å². The smallest absolute Gasteiger partial charge is 0.335 e. The van der Waals surface area contributed by atoms with Crippen molar-refractivity contribution in [2.75, 3.05) is 26.4 Å². The average Bonchev–Trinajstić information content (AvgIpc) is 3.54. The predicted octanol–water partition coefficient (Wildman–Crippen LogP) is -0.682. The summed E-state index contributed by atoms with van der Waals surface area (Å²) in [5, 5.41) is 132. The van der Waals surface area contributed by atoms with Gasteiger partial charge in [0.25, 0.3) is 0 Å². The summed E-state index contributed by atoms with van der Waals surface area (Å²) in [6.07, 6.45) is -23.5. The molecule has 0 amide bonds. The minimum Gasteiger partial charge on any atom is -0.479 e. The Balaban J connectivity index is 1.11. The van der Waals surface area contributed by atoms with Gasteiger partial charge >= 0.3 is 17.9 Å². The number of allylic oxidation sites excluding steroid dienone is 3. The highest BCUT2D eigenvalue weighted by Gasteiger charge is 2.74. The van der Waals surface area contributed by atoms with E-state index < -0.39 is 193 Å². The number of carbonyl (C=O) groups is 3. The fourth-order valence-electron chi connectivity index (χ4n) is 16.0. The summed E-state index contributed by atoms with van der Waals surface area (Å²) < 4.78 is 48.0. The predicted molar refractivity (Wildman–Crippen MR) is 263 cm³/mol. The van der Waals surface area contributed by atoms with Gasteiger partial charge in [-0.1, -0.05) is 59.3 Å². The second-order valence-electron chi connectivity index (χ2n) is 25.1. The van der Waals surface area contributed by atoms with Crippen LogP contribution in [0.25, 0.3) is 0 Å². The Hall–Kier alpha value is -2.79. The molecule has 77 heavy (non-hydrogen) atoms. The highest BCUT2D eigenvalue weighted by Crippen LogP contribution is 2.76. The van der Waals surface area contributed by atoms with Crippen molar-refractivity contribution in [2.45, 2.75) is 218 Å². The van der Waals surface area contributed by atoms with Gasteiger partial charge in [0.2, 0.25) is 0 Å². The lowest BCUT2D eigenvalue weighted by Gasteiger charge is -2.72. The van der Waals surface area contributed by atoms with Gasteiger partial charge in [-0.05, 0) is 92.8 Å². The largest absolute Gasteiger partial charge is 0.479 e. The molecule has 4 saturated carbocycles. The van der Waals surface area contributed by atoms with E-state index in [9.17, 15) is 75.7 Å². The maximum absolute atomic E-state index is 13.4. The van der Waals surface area contributed by atoms with Crippen molar-refractivity contribution in [3.05, 3.63) is 23.3 Å². The first-order chi connectivity index (χ1) is 36.0. The van der Waals surface area contributed by atoms with Gasteiger partial charge in [0.1, 0.15) is 73.2 Å². The van der Waals surface area contributed by atoms with Gasteiger partial charge in [-0.25, -0.2) is 9.59 Å². The van der Waals surface area contributed by atoms with Gasteiger partial charge in [0.05, 0.1) is 44.1 Å². The maximum atomic E-state index is 13.4. The molecular weight excluding hydrogens is 1020 g/mol. The molecule has 23 nitrogen and oxygen atoms in total. The van der Waals surface area contributed by atoms with Gasteiger partial charge < -0.3 is 99.2 Å². The summed E-state index contributed by atoms with van der Waals surface area (Å²) in [7, 11) is 0. The van der Waals surface area contributed by atoms with Gasteiger partial charge in [-0.3, -0.25) is 4.79 Å². The topological polar surface area (TPSA) is 368 Å². The van der Waals surface area contributed by atoms with E-state index in [-0.39, 0.29) is 24.7 Å². The number of ether oxygens (including phenoxy) is 8. The average molecular weight is 1100 g/mol. The van der Waals surface area contributed by atoms with Crippen LogP contribution in [0.1, 0.15) is 107 Å². The molecule has 3 heterocycles. The fraction of sp³-hybridized carbons (Fsp3) is 0.870. The van der Waals surface area contributed by atoms with E-state index in [2.05, 4.69) is 26.8 Å². The van der Waals surface area contributed by atoms with Crippen molar-refractivity contribution >= 4 is 17.9 Å². The van der Waals surface area contributed by atoms with Gasteiger partial charge in [-0.2, -0.15) is 0 Å². The molecule has 0 bridgehead atoms. The lowest BCUT2D eigenvalue weighted by atomic mass is 9.33. The summed E-state index contributed by atoms with van der Waals surface area (Å²) >= 11 is 0. The van der Waals surface area contributed by atoms with Crippen molar-refractivity contribution in [1.82, 2.24) is 0 Å². The van der Waals surface area contributed by atoms with Crippen LogP contribution in [-0.2, 0) is 52.3 Å². The van der Waals surface area contributed by atoms with Crippen molar-refractivity contribution in [1.29, 1.82) is 0 Å². The molecule has 0 aromatic heterocycles. The monoisotopic (exact) mass is 1100 g/mol. The zero-order valence-electron chi connectivity index (χ0n) is 45.4. The highest BCUT2D eigenvalue weighted by molar-refractivity contribution is 5.87. The molecule has 23 heteroatoms. The quantitative estimate of drug-likeness (QED) is 0.0470. The third-order valence-electron chi connectivity index (χ3n) is 20.7. The number of esters is 2. The van der Waals surface area contributed by atoms with E-state index in [1.807, 2.05) is 20.8 Å². The number of rotatable bonds is 13. The third kappa shape index (κ3) is 9.64. The van der Waals surface area contributed by atoms with Crippen LogP contribution in [-0.4, -0.2) is 216 Å². The molecule has 4 unspecified atom stereocenters. The van der Waals surface area contributed by atoms with Crippen molar-refractivity contribution < 1.29 is 114 Å². The SMILES string of the molecule is CC=C(C)C(=O)O[C@H]1[C@H](OC(C)=O)[C@@]2(CO)C(CC1(C)C)C1=CCC3[C@@]4(C)CC[C@H](O[C@@H]5O[C@H](C(=O)O)[C@@H](O[C@@H]6O[C@H](CO)[C@@H](O)[C@H](O)[C@H]6O)C(O)[C@H]5O[C@@H]5OC[C@@H](O)[C@H](O)[C@H]5O)[C@](C)(CO)C4CC[C@@]3(C)[C@]1(C)C[C@H]2O. The first-order valence-corrected chi connectivity index (χ1v) is 27.1. The number of carboxylic acid groups (broad SMARTS) is 1. The third-order valence-corrected chi connectivity index (χ3v) is 20.7. The minimum atomic E-state index is -2.11. The molecule has 7 fully saturated rings. The van der Waals surface area contributed by atoms with Crippen LogP contribution in [0.4, 0.5) is 0 Å². The second kappa shape index (κ2) is 21.8. The molecule has 0 spiro atoms. The fourth-order valence-corrected chi connectivity index (χ4v) is 16.0. The molecule has 438 valence electrons. The van der Waals surface area contributed by atoms with E-state index in [0.29, 0.717) is 37.7 Å². The summed E-state index contributed by atoms with van der Waals surface area (Å²) in [4.78, 5) is 39.4. The number of hydrogen-bond acceptors (Lipinski definition) is 22. The maximum Gasteiger partial charge on any atom is 0.335 e. The van der Waals surface area contributed by atoms with Crippen LogP contribution in [0.15, 0.2) is 23.3 Å². The zero-order chi connectivity index (χ0) is 56.9. The molecule has 3 saturated heterocycles. The molecule has 26 atom stereocenters. The Morgan fingerprint density at radius 3 is 1.99 bits per heavy atom. The normalized spacial score (nSPS) is 50.7. The lowest BCUT2D eigenvalue weighted by molar-refractivity contribution is -0.387. The van der Waals surface area contributed by atoms with Gasteiger partial charge in [-0.15, -0.1) is 0 Å². The summed E-state index contributed by atoms with van der Waals surface area (Å²) in [6.45, 7) is 14.6. The van der Waals surface area contributed by atoms with E-state index in [4.69, 9.17) is 37.9 Å². The summed E-state index contributed by atoms with van der Waals surface area (Å²) in [5.41, 5.74) is -3.63. The zero-order valence-corrected chi connectivity index (χ0v) is 45.4. The number of aliphatic hydroxyl groups excluding tert-OH is 11. The number of aliphatic carboxylic acids is 1. The summed E-state index contributed by atoms with van der Waals surface area (Å²) in [5.74, 6) is -3.76. The Morgan fingerprint density at radius 2 is 1.38 bits per heavy atom. The van der Waals surface area contributed by atoms with Crippen LogP contribution < -0.4 is 0 Å². The van der Waals surface area contributed by atoms with Gasteiger partial charge in [0, 0.05) is 23.3 Å². The van der Waals surface area contributed by atoms with Crippen molar-refractivity contribution in [3.8, 4) is 0 Å². The molecule has 0 radical (unpaired) electrons. The molecule has 0 aromatic rings. The molecular formula is C54H84O23. The lowest BCUT2D eigenvalue weighted by Crippen LogP contribution is -2.72.